The highest BCUT2D eigenvalue weighted by Gasteiger charge is 2.21. The molecular formula is C7H14ClIO2. The molecule has 0 spiro atoms. The molecule has 0 rings (SSSR count). The Hall–Kier alpha value is 0.940. The van der Waals surface area contributed by atoms with Crippen LogP contribution >= 0.6 is 34.2 Å². The highest BCUT2D eigenvalue weighted by Crippen LogP contribution is 2.15. The zero-order valence-electron chi connectivity index (χ0n) is 6.90. The fourth-order valence-electron chi connectivity index (χ4n) is 0.484. The van der Waals surface area contributed by atoms with E-state index in [1.807, 2.05) is 6.92 Å². The maximum atomic E-state index is 5.72. The highest BCUT2D eigenvalue weighted by molar-refractivity contribution is 14.1. The van der Waals surface area contributed by atoms with Crippen molar-refractivity contribution in [2.75, 3.05) is 30.6 Å². The normalized spacial score (nSPS) is 16.4. The van der Waals surface area contributed by atoms with Crippen LogP contribution in [0.15, 0.2) is 0 Å². The Kier molecular flexibility index (Phi) is 7.01. The van der Waals surface area contributed by atoms with E-state index in [9.17, 15) is 0 Å². The van der Waals surface area contributed by atoms with Crippen LogP contribution in [0.4, 0.5) is 0 Å². The van der Waals surface area contributed by atoms with Crippen LogP contribution in [0, 0.1) is 0 Å². The first-order chi connectivity index (χ1) is 5.18. The minimum Gasteiger partial charge on any atom is -0.382 e. The van der Waals surface area contributed by atoms with E-state index in [0.29, 0.717) is 19.1 Å². The molecule has 0 aliphatic carbocycles. The van der Waals surface area contributed by atoms with Gasteiger partial charge in [-0.05, 0) is 6.92 Å². The third-order valence-electron chi connectivity index (χ3n) is 1.30. The maximum absolute atomic E-state index is 5.72. The van der Waals surface area contributed by atoms with E-state index in [0.717, 1.165) is 4.43 Å². The molecule has 0 aliphatic heterocycles. The van der Waals surface area contributed by atoms with E-state index in [4.69, 9.17) is 21.1 Å². The van der Waals surface area contributed by atoms with E-state index in [2.05, 4.69) is 22.6 Å². The summed E-state index contributed by atoms with van der Waals surface area (Å²) < 4.78 is 11.3. The van der Waals surface area contributed by atoms with Crippen molar-refractivity contribution in [3.05, 3.63) is 0 Å². The molecule has 0 aromatic carbocycles. The molecule has 0 aliphatic rings. The standard InChI is InChI=1S/C7H14ClIO2/c1-7(5-8,6-9)11-4-3-10-2/h3-6H2,1-2H3. The van der Waals surface area contributed by atoms with Crippen LogP contribution < -0.4 is 0 Å². The second kappa shape index (κ2) is 6.46. The Morgan fingerprint density at radius 1 is 1.45 bits per heavy atom. The average molecular weight is 293 g/mol. The Morgan fingerprint density at radius 2 is 2.09 bits per heavy atom. The summed E-state index contributed by atoms with van der Waals surface area (Å²) in [4.78, 5) is 0. The maximum Gasteiger partial charge on any atom is 0.0879 e. The summed E-state index contributed by atoms with van der Waals surface area (Å²) in [6, 6.07) is 0. The minimum atomic E-state index is -0.194. The van der Waals surface area contributed by atoms with Crippen molar-refractivity contribution in [2.45, 2.75) is 12.5 Å². The summed E-state index contributed by atoms with van der Waals surface area (Å²) in [5.41, 5.74) is -0.194. The highest BCUT2D eigenvalue weighted by atomic mass is 127. The molecule has 11 heavy (non-hydrogen) atoms. The quantitative estimate of drug-likeness (QED) is 0.424. The van der Waals surface area contributed by atoms with Crippen molar-refractivity contribution in [1.82, 2.24) is 0 Å². The van der Waals surface area contributed by atoms with Crippen LogP contribution in [0.2, 0.25) is 0 Å². The molecule has 1 atom stereocenters. The van der Waals surface area contributed by atoms with Crippen LogP contribution in [-0.4, -0.2) is 36.2 Å². The summed E-state index contributed by atoms with van der Waals surface area (Å²) in [5.74, 6) is 0.527. The molecule has 0 saturated carbocycles. The van der Waals surface area contributed by atoms with E-state index >= 15 is 0 Å². The summed E-state index contributed by atoms with van der Waals surface area (Å²) in [6.45, 7) is 3.24. The Morgan fingerprint density at radius 3 is 2.45 bits per heavy atom. The van der Waals surface area contributed by atoms with Crippen molar-refractivity contribution >= 4 is 34.2 Å². The number of methoxy groups -OCH3 is 1. The van der Waals surface area contributed by atoms with Gasteiger partial charge in [0.1, 0.15) is 0 Å². The molecule has 0 N–H and O–H groups in total. The lowest BCUT2D eigenvalue weighted by Gasteiger charge is -2.24. The van der Waals surface area contributed by atoms with Gasteiger partial charge in [-0.1, -0.05) is 22.6 Å². The lowest BCUT2D eigenvalue weighted by atomic mass is 10.2. The van der Waals surface area contributed by atoms with Crippen molar-refractivity contribution in [3.63, 3.8) is 0 Å². The molecule has 0 aromatic rings. The molecule has 0 bridgehead atoms. The van der Waals surface area contributed by atoms with Crippen LogP contribution in [-0.2, 0) is 9.47 Å². The van der Waals surface area contributed by atoms with Crippen LogP contribution in [0.25, 0.3) is 0 Å². The third-order valence-corrected chi connectivity index (χ3v) is 3.48. The number of hydrogen-bond donors (Lipinski definition) is 0. The third kappa shape index (κ3) is 5.22. The van der Waals surface area contributed by atoms with Gasteiger partial charge in [0.25, 0.3) is 0 Å². The monoisotopic (exact) mass is 292 g/mol. The van der Waals surface area contributed by atoms with Gasteiger partial charge in [0, 0.05) is 11.5 Å². The molecule has 1 unspecified atom stereocenters. The number of halogens is 2. The average Bonchev–Trinajstić information content (AvgIpc) is 2.05. The second-order valence-corrected chi connectivity index (χ2v) is 3.59. The molecular weight excluding hydrogens is 278 g/mol. The molecule has 68 valence electrons. The van der Waals surface area contributed by atoms with Crippen molar-refractivity contribution < 1.29 is 9.47 Å². The fraction of sp³-hybridized carbons (Fsp3) is 1.00. The first kappa shape index (κ1) is 11.9. The minimum absolute atomic E-state index is 0.194. The first-order valence-electron chi connectivity index (χ1n) is 3.43. The van der Waals surface area contributed by atoms with Crippen molar-refractivity contribution in [1.29, 1.82) is 0 Å². The molecule has 0 radical (unpaired) electrons. The summed E-state index contributed by atoms with van der Waals surface area (Å²) >= 11 is 7.98. The smallest absolute Gasteiger partial charge is 0.0879 e. The topological polar surface area (TPSA) is 18.5 Å². The molecule has 0 amide bonds. The van der Waals surface area contributed by atoms with Gasteiger partial charge in [0.2, 0.25) is 0 Å². The molecule has 0 heterocycles. The Balaban J connectivity index is 3.51. The lowest BCUT2D eigenvalue weighted by molar-refractivity contribution is -0.0200. The van der Waals surface area contributed by atoms with Crippen molar-refractivity contribution in [2.24, 2.45) is 0 Å². The van der Waals surface area contributed by atoms with Gasteiger partial charge in [0.05, 0.1) is 24.7 Å². The first-order valence-corrected chi connectivity index (χ1v) is 5.49. The predicted molar refractivity (Wildman–Crippen MR) is 55.8 cm³/mol. The van der Waals surface area contributed by atoms with Crippen LogP contribution in [0.1, 0.15) is 6.92 Å². The molecule has 0 saturated heterocycles. The summed E-state index contributed by atoms with van der Waals surface area (Å²) in [6.07, 6.45) is 0. The van der Waals surface area contributed by atoms with E-state index in [1.54, 1.807) is 7.11 Å². The number of ether oxygens (including phenoxy) is 2. The van der Waals surface area contributed by atoms with E-state index in [-0.39, 0.29) is 5.60 Å². The van der Waals surface area contributed by atoms with Gasteiger partial charge < -0.3 is 9.47 Å². The van der Waals surface area contributed by atoms with E-state index < -0.39 is 0 Å². The van der Waals surface area contributed by atoms with Gasteiger partial charge in [-0.25, -0.2) is 0 Å². The molecule has 0 fully saturated rings. The number of alkyl halides is 2. The zero-order chi connectivity index (χ0) is 8.74. The second-order valence-electron chi connectivity index (χ2n) is 2.56. The van der Waals surface area contributed by atoms with Gasteiger partial charge in [-0.3, -0.25) is 0 Å². The Labute approximate surface area is 86.7 Å². The van der Waals surface area contributed by atoms with Gasteiger partial charge in [0.15, 0.2) is 0 Å². The predicted octanol–water partition coefficient (Wildman–Crippen LogP) is 2.08. The van der Waals surface area contributed by atoms with Gasteiger partial charge in [-0.2, -0.15) is 0 Å². The van der Waals surface area contributed by atoms with Crippen LogP contribution in [0.5, 0.6) is 0 Å². The largest absolute Gasteiger partial charge is 0.382 e. The van der Waals surface area contributed by atoms with E-state index in [1.165, 1.54) is 0 Å². The van der Waals surface area contributed by atoms with Crippen molar-refractivity contribution in [3.8, 4) is 0 Å². The van der Waals surface area contributed by atoms with Gasteiger partial charge >= 0.3 is 0 Å². The zero-order valence-corrected chi connectivity index (χ0v) is 9.81. The lowest BCUT2D eigenvalue weighted by Crippen LogP contribution is -2.34. The molecule has 2 nitrogen and oxygen atoms in total. The van der Waals surface area contributed by atoms with Crippen LogP contribution in [0.3, 0.4) is 0 Å². The van der Waals surface area contributed by atoms with Gasteiger partial charge in [-0.15, -0.1) is 11.6 Å². The SMILES string of the molecule is COCCOC(C)(CCl)CI. The summed E-state index contributed by atoms with van der Waals surface area (Å²) in [5, 5.41) is 0. The molecule has 4 heteroatoms. The fourth-order valence-corrected chi connectivity index (χ4v) is 1.46. The number of rotatable bonds is 6. The molecule has 0 aromatic heterocycles. The summed E-state index contributed by atoms with van der Waals surface area (Å²) in [7, 11) is 1.66. The number of hydrogen-bond acceptors (Lipinski definition) is 2. The Bertz CT molecular complexity index is 96.4.